The highest BCUT2D eigenvalue weighted by Gasteiger charge is 2.28. The molecule has 0 bridgehead atoms. The highest BCUT2D eigenvalue weighted by atomic mass is 16.3. The van der Waals surface area contributed by atoms with Gasteiger partial charge < -0.3 is 25.7 Å². The summed E-state index contributed by atoms with van der Waals surface area (Å²) in [7, 11) is 0. The van der Waals surface area contributed by atoms with Gasteiger partial charge in [-0.05, 0) is 89.9 Å². The highest BCUT2D eigenvalue weighted by molar-refractivity contribution is 5.80. The van der Waals surface area contributed by atoms with Crippen molar-refractivity contribution in [2.75, 3.05) is 6.61 Å². The molecule has 0 heterocycles. The molecule has 0 saturated heterocycles. The number of aliphatic hydroxyl groups excluding tert-OH is 4. The number of carbonyl (C=O) groups excluding carboxylic acids is 1. The van der Waals surface area contributed by atoms with Crippen LogP contribution in [0.1, 0.15) is 181 Å². The summed E-state index contributed by atoms with van der Waals surface area (Å²) in [4.78, 5) is 12.5. The number of amides is 1. The van der Waals surface area contributed by atoms with Crippen molar-refractivity contribution in [2.45, 2.75) is 205 Å². The van der Waals surface area contributed by atoms with Crippen LogP contribution in [0.2, 0.25) is 0 Å². The molecule has 0 aromatic carbocycles. The molecule has 6 nitrogen and oxygen atoms in total. The van der Waals surface area contributed by atoms with Crippen LogP contribution >= 0.6 is 0 Å². The fourth-order valence-corrected chi connectivity index (χ4v) is 5.72. The molecule has 0 aromatic rings. The first-order valence-electron chi connectivity index (χ1n) is 20.0. The Hall–Kier alpha value is -1.73. The van der Waals surface area contributed by atoms with Crippen molar-refractivity contribution in [3.63, 3.8) is 0 Å². The normalized spacial score (nSPS) is 14.9. The van der Waals surface area contributed by atoms with Gasteiger partial charge in [0.25, 0.3) is 0 Å². The average Bonchev–Trinajstić information content (AvgIpc) is 3.09. The molecule has 0 aliphatic rings. The van der Waals surface area contributed by atoms with Gasteiger partial charge in [-0.25, -0.2) is 0 Å². The van der Waals surface area contributed by atoms with Gasteiger partial charge in [0.05, 0.1) is 18.8 Å². The highest BCUT2D eigenvalue weighted by Crippen LogP contribution is 2.13. The van der Waals surface area contributed by atoms with Gasteiger partial charge in [-0.3, -0.25) is 4.79 Å². The summed E-state index contributed by atoms with van der Waals surface area (Å²) in [5.74, 6) is -0.607. The maximum atomic E-state index is 12.5. The zero-order valence-corrected chi connectivity index (χ0v) is 31.2. The Morgan fingerprint density at radius 3 is 1.35 bits per heavy atom. The number of unbranched alkanes of at least 4 members (excludes halogenated alkanes) is 18. The van der Waals surface area contributed by atoms with Crippen LogP contribution in [0.5, 0.6) is 0 Å². The maximum absolute atomic E-state index is 12.5. The van der Waals surface area contributed by atoms with Crippen molar-refractivity contribution >= 4 is 5.91 Å². The SMILES string of the molecule is CCCCC/C=C/CC/C=C/CC/C=C/CCCC(O)C(O)C(CO)NC(=O)C(O)CCCCCCCC/C=C\CCCCCCCC. The number of aliphatic hydroxyl groups is 4. The Morgan fingerprint density at radius 2 is 0.875 bits per heavy atom. The minimum Gasteiger partial charge on any atom is -0.394 e. The van der Waals surface area contributed by atoms with Gasteiger partial charge in [-0.2, -0.15) is 0 Å². The smallest absolute Gasteiger partial charge is 0.249 e. The molecule has 280 valence electrons. The predicted octanol–water partition coefficient (Wildman–Crippen LogP) is 9.95. The Morgan fingerprint density at radius 1 is 0.500 bits per heavy atom. The Balaban J connectivity index is 3.89. The van der Waals surface area contributed by atoms with E-state index >= 15 is 0 Å². The second kappa shape index (κ2) is 36.5. The van der Waals surface area contributed by atoms with E-state index in [1.807, 2.05) is 0 Å². The minimum atomic E-state index is -1.29. The summed E-state index contributed by atoms with van der Waals surface area (Å²) in [5, 5.41) is 43.5. The first-order valence-corrected chi connectivity index (χ1v) is 20.0. The van der Waals surface area contributed by atoms with Crippen LogP contribution in [0.25, 0.3) is 0 Å². The monoisotopic (exact) mass is 676 g/mol. The number of hydrogen-bond acceptors (Lipinski definition) is 5. The molecular weight excluding hydrogens is 598 g/mol. The lowest BCUT2D eigenvalue weighted by atomic mass is 10.00. The topological polar surface area (TPSA) is 110 Å². The molecule has 4 unspecified atom stereocenters. The van der Waals surface area contributed by atoms with Gasteiger partial charge >= 0.3 is 0 Å². The van der Waals surface area contributed by atoms with Crippen LogP contribution in [0.15, 0.2) is 48.6 Å². The van der Waals surface area contributed by atoms with Crippen molar-refractivity contribution < 1.29 is 25.2 Å². The summed E-state index contributed by atoms with van der Waals surface area (Å²) in [6.45, 7) is 3.98. The van der Waals surface area contributed by atoms with Gasteiger partial charge in [-0.1, -0.05) is 140 Å². The van der Waals surface area contributed by atoms with E-state index in [9.17, 15) is 25.2 Å². The van der Waals surface area contributed by atoms with Gasteiger partial charge in [-0.15, -0.1) is 0 Å². The van der Waals surface area contributed by atoms with E-state index in [0.29, 0.717) is 19.3 Å². The first kappa shape index (κ1) is 46.3. The van der Waals surface area contributed by atoms with Crippen molar-refractivity contribution in [3.05, 3.63) is 48.6 Å². The van der Waals surface area contributed by atoms with Gasteiger partial charge in [0.15, 0.2) is 0 Å². The van der Waals surface area contributed by atoms with E-state index in [2.05, 4.69) is 67.8 Å². The number of carbonyl (C=O) groups is 1. The number of rotatable bonds is 35. The van der Waals surface area contributed by atoms with E-state index < -0.39 is 36.9 Å². The summed E-state index contributed by atoms with van der Waals surface area (Å²) in [6, 6.07) is -1.01. The van der Waals surface area contributed by atoms with Gasteiger partial charge in [0.1, 0.15) is 12.2 Å². The molecule has 0 spiro atoms. The molecule has 0 fully saturated rings. The van der Waals surface area contributed by atoms with Gasteiger partial charge in [0.2, 0.25) is 5.91 Å². The summed E-state index contributed by atoms with van der Waals surface area (Å²) >= 11 is 0. The lowest BCUT2D eigenvalue weighted by molar-refractivity contribution is -0.132. The molecular formula is C42H77NO5. The van der Waals surface area contributed by atoms with E-state index in [1.165, 1.54) is 83.5 Å². The summed E-state index contributed by atoms with van der Waals surface area (Å²) in [6.07, 6.45) is 42.7. The molecule has 0 saturated carbocycles. The van der Waals surface area contributed by atoms with Crippen molar-refractivity contribution in [1.29, 1.82) is 0 Å². The molecule has 0 rings (SSSR count). The second-order valence-electron chi connectivity index (χ2n) is 13.6. The van der Waals surface area contributed by atoms with Crippen LogP contribution in [-0.2, 0) is 4.79 Å². The van der Waals surface area contributed by atoms with Crippen molar-refractivity contribution in [1.82, 2.24) is 5.32 Å². The largest absolute Gasteiger partial charge is 0.394 e. The molecule has 0 aromatic heterocycles. The Bertz CT molecular complexity index is 808. The van der Waals surface area contributed by atoms with Gasteiger partial charge in [0, 0.05) is 0 Å². The Kier molecular flexibility index (Phi) is 35.2. The third-order valence-corrected chi connectivity index (χ3v) is 8.97. The second-order valence-corrected chi connectivity index (χ2v) is 13.6. The Labute approximate surface area is 296 Å². The lowest BCUT2D eigenvalue weighted by Gasteiger charge is -2.27. The van der Waals surface area contributed by atoms with Crippen LogP contribution in [-0.4, -0.2) is 57.3 Å². The minimum absolute atomic E-state index is 0.350. The third kappa shape index (κ3) is 30.3. The van der Waals surface area contributed by atoms with E-state index in [0.717, 1.165) is 64.2 Å². The van der Waals surface area contributed by atoms with Crippen molar-refractivity contribution in [2.24, 2.45) is 0 Å². The fourth-order valence-electron chi connectivity index (χ4n) is 5.72. The van der Waals surface area contributed by atoms with Crippen LogP contribution in [0, 0.1) is 0 Å². The molecule has 6 heteroatoms. The zero-order valence-electron chi connectivity index (χ0n) is 31.2. The van der Waals surface area contributed by atoms with Crippen LogP contribution < -0.4 is 5.32 Å². The molecule has 1 amide bonds. The van der Waals surface area contributed by atoms with E-state index in [-0.39, 0.29) is 0 Å². The number of allylic oxidation sites excluding steroid dienone is 8. The maximum Gasteiger partial charge on any atom is 0.249 e. The molecule has 0 aliphatic heterocycles. The molecule has 48 heavy (non-hydrogen) atoms. The van der Waals surface area contributed by atoms with E-state index in [4.69, 9.17) is 0 Å². The first-order chi connectivity index (χ1) is 23.5. The molecule has 5 N–H and O–H groups in total. The molecule has 0 radical (unpaired) electrons. The summed E-state index contributed by atoms with van der Waals surface area (Å²) < 4.78 is 0. The summed E-state index contributed by atoms with van der Waals surface area (Å²) in [5.41, 5.74) is 0. The van der Waals surface area contributed by atoms with Crippen LogP contribution in [0.3, 0.4) is 0 Å². The number of hydrogen-bond donors (Lipinski definition) is 5. The lowest BCUT2D eigenvalue weighted by Crippen LogP contribution is -2.53. The third-order valence-electron chi connectivity index (χ3n) is 8.97. The average molecular weight is 676 g/mol. The number of nitrogens with one attached hydrogen (secondary N) is 1. The quantitative estimate of drug-likeness (QED) is 0.0339. The van der Waals surface area contributed by atoms with Crippen molar-refractivity contribution in [3.8, 4) is 0 Å². The fraction of sp³-hybridized carbons (Fsp3) is 0.786. The standard InChI is InChI=1S/C42H77NO5/c1-3-5-7-9-11-13-15-17-19-21-23-25-27-29-31-33-35-39(45)41(47)38(37-44)43-42(48)40(46)36-34-32-30-28-26-24-22-20-18-16-14-12-10-8-6-4-2/h11,13,18-21,27,29,38-41,44-47H,3-10,12,14-17,22-26,28,30-37H2,1-2H3,(H,43,48)/b13-11+,20-18-,21-19+,29-27+. The predicted molar refractivity (Wildman–Crippen MR) is 205 cm³/mol. The van der Waals surface area contributed by atoms with Crippen LogP contribution in [0.4, 0.5) is 0 Å². The zero-order chi connectivity index (χ0) is 35.3. The molecule has 0 aliphatic carbocycles. The van der Waals surface area contributed by atoms with E-state index in [1.54, 1.807) is 0 Å². The molecule has 4 atom stereocenters.